The minimum Gasteiger partial charge on any atom is -0.488 e. The average molecular weight is 208 g/mol. The molecule has 15 heavy (non-hydrogen) atoms. The van der Waals surface area contributed by atoms with Gasteiger partial charge in [0.15, 0.2) is 5.76 Å². The summed E-state index contributed by atoms with van der Waals surface area (Å²) in [7, 11) is 0. The molecule has 1 N–H and O–H groups in total. The lowest BCUT2D eigenvalue weighted by molar-refractivity contribution is -0.117. The van der Waals surface area contributed by atoms with Crippen LogP contribution in [0.3, 0.4) is 0 Å². The number of hydrogen-bond donors (Lipinski definition) is 1. The van der Waals surface area contributed by atoms with Crippen LogP contribution in [0, 0.1) is 0 Å². The first-order valence-corrected chi connectivity index (χ1v) is 5.32. The molecule has 1 aliphatic carbocycles. The highest BCUT2D eigenvalue weighted by Gasteiger charge is 2.37. The summed E-state index contributed by atoms with van der Waals surface area (Å²) in [6.07, 6.45) is 0. The van der Waals surface area contributed by atoms with Gasteiger partial charge in [-0.15, -0.1) is 0 Å². The molecule has 0 saturated carbocycles. The van der Waals surface area contributed by atoms with Crippen LogP contribution < -0.4 is 5.32 Å². The van der Waals surface area contributed by atoms with Gasteiger partial charge in [0.25, 0.3) is 0 Å². The topological polar surface area (TPSA) is 41.6 Å². The van der Waals surface area contributed by atoms with E-state index in [0.29, 0.717) is 17.9 Å². The van der Waals surface area contributed by atoms with Crippen molar-refractivity contribution in [3.05, 3.63) is 23.6 Å². The molecule has 0 amide bonds. The molecule has 1 fully saturated rings. The van der Waals surface area contributed by atoms with E-state index in [0.717, 1.165) is 31.9 Å². The van der Waals surface area contributed by atoms with Crippen molar-refractivity contribution in [1.82, 2.24) is 10.2 Å². The Balaban J connectivity index is 2.17. The molecule has 0 aromatic heterocycles. The van der Waals surface area contributed by atoms with Gasteiger partial charge in [-0.2, -0.15) is 0 Å². The highest BCUT2D eigenvalue weighted by molar-refractivity contribution is 6.17. The Kier molecular flexibility index (Phi) is 2.77. The van der Waals surface area contributed by atoms with Crippen LogP contribution in [0.5, 0.6) is 0 Å². The lowest BCUT2D eigenvalue weighted by Gasteiger charge is -2.37. The SMILES string of the molecule is C=C1C(=O)C(OCC)=C1N1CCNCC1. The Morgan fingerprint density at radius 2 is 2.13 bits per heavy atom. The number of allylic oxidation sites excluding steroid dienone is 2. The van der Waals surface area contributed by atoms with E-state index in [1.807, 2.05) is 6.92 Å². The zero-order chi connectivity index (χ0) is 10.8. The van der Waals surface area contributed by atoms with Gasteiger partial charge in [0, 0.05) is 31.8 Å². The second-order valence-corrected chi connectivity index (χ2v) is 3.66. The van der Waals surface area contributed by atoms with Gasteiger partial charge in [-0.3, -0.25) is 4.79 Å². The van der Waals surface area contributed by atoms with Crippen LogP contribution in [0.15, 0.2) is 23.6 Å². The van der Waals surface area contributed by atoms with Crippen molar-refractivity contribution in [2.75, 3.05) is 32.8 Å². The zero-order valence-electron chi connectivity index (χ0n) is 9.01. The largest absolute Gasteiger partial charge is 0.488 e. The third-order valence-electron chi connectivity index (χ3n) is 2.70. The van der Waals surface area contributed by atoms with E-state index >= 15 is 0 Å². The first kappa shape index (κ1) is 10.2. The maximum atomic E-state index is 11.5. The summed E-state index contributed by atoms with van der Waals surface area (Å²) in [6.45, 7) is 9.93. The van der Waals surface area contributed by atoms with Crippen molar-refractivity contribution < 1.29 is 9.53 Å². The van der Waals surface area contributed by atoms with Crippen LogP contribution in [-0.4, -0.2) is 43.5 Å². The monoisotopic (exact) mass is 208 g/mol. The molecule has 0 unspecified atom stereocenters. The van der Waals surface area contributed by atoms with Crippen LogP contribution in [0.25, 0.3) is 0 Å². The lowest BCUT2D eigenvalue weighted by Crippen LogP contribution is -2.46. The highest BCUT2D eigenvalue weighted by atomic mass is 16.5. The molecule has 0 radical (unpaired) electrons. The predicted molar refractivity (Wildman–Crippen MR) is 57.2 cm³/mol. The van der Waals surface area contributed by atoms with Crippen molar-refractivity contribution in [2.45, 2.75) is 6.92 Å². The van der Waals surface area contributed by atoms with Crippen molar-refractivity contribution in [3.8, 4) is 0 Å². The number of piperazine rings is 1. The number of carbonyl (C=O) groups excluding carboxylic acids is 1. The van der Waals surface area contributed by atoms with Crippen molar-refractivity contribution in [1.29, 1.82) is 0 Å². The Morgan fingerprint density at radius 1 is 1.47 bits per heavy atom. The predicted octanol–water partition coefficient (Wildman–Crippen LogP) is 0.279. The standard InChI is InChI=1S/C11H16N2O2/c1-3-15-11-9(8(2)10(11)14)13-6-4-12-5-7-13/h12H,2-7H2,1H3. The summed E-state index contributed by atoms with van der Waals surface area (Å²) in [5, 5.41) is 3.27. The molecule has 1 heterocycles. The van der Waals surface area contributed by atoms with Crippen molar-refractivity contribution >= 4 is 5.78 Å². The Bertz CT molecular complexity index is 327. The second kappa shape index (κ2) is 4.06. The maximum Gasteiger partial charge on any atom is 0.231 e. The van der Waals surface area contributed by atoms with Crippen molar-refractivity contribution in [2.24, 2.45) is 0 Å². The molecular weight excluding hydrogens is 192 g/mol. The van der Waals surface area contributed by atoms with E-state index in [4.69, 9.17) is 4.74 Å². The number of ether oxygens (including phenoxy) is 1. The zero-order valence-corrected chi connectivity index (χ0v) is 9.01. The Morgan fingerprint density at radius 3 is 2.73 bits per heavy atom. The van der Waals surface area contributed by atoms with Crippen LogP contribution in [0.4, 0.5) is 0 Å². The minimum absolute atomic E-state index is 0.0367. The summed E-state index contributed by atoms with van der Waals surface area (Å²) in [5.41, 5.74) is 1.52. The number of hydrogen-bond acceptors (Lipinski definition) is 4. The normalized spacial score (nSPS) is 21.8. The highest BCUT2D eigenvalue weighted by Crippen LogP contribution is 2.32. The molecule has 4 heteroatoms. The Hall–Kier alpha value is -1.29. The first-order chi connectivity index (χ1) is 7.25. The summed E-state index contributed by atoms with van der Waals surface area (Å²) < 4.78 is 5.33. The summed E-state index contributed by atoms with van der Waals surface area (Å²) in [6, 6.07) is 0. The number of ketones is 1. The van der Waals surface area contributed by atoms with Gasteiger partial charge in [-0.1, -0.05) is 6.58 Å². The number of carbonyl (C=O) groups is 1. The van der Waals surface area contributed by atoms with Gasteiger partial charge >= 0.3 is 0 Å². The molecule has 0 spiro atoms. The molecule has 0 atom stereocenters. The molecule has 0 bridgehead atoms. The fraction of sp³-hybridized carbons (Fsp3) is 0.545. The summed E-state index contributed by atoms with van der Waals surface area (Å²) in [4.78, 5) is 13.7. The number of nitrogens with zero attached hydrogens (tertiary/aromatic N) is 1. The number of rotatable bonds is 3. The molecule has 4 nitrogen and oxygen atoms in total. The van der Waals surface area contributed by atoms with Crippen LogP contribution in [-0.2, 0) is 9.53 Å². The van der Waals surface area contributed by atoms with E-state index < -0.39 is 0 Å². The fourth-order valence-corrected chi connectivity index (χ4v) is 1.93. The van der Waals surface area contributed by atoms with Gasteiger partial charge in [-0.05, 0) is 6.92 Å². The molecule has 2 aliphatic rings. The molecular formula is C11H16N2O2. The van der Waals surface area contributed by atoms with Crippen LogP contribution in [0.1, 0.15) is 6.92 Å². The minimum atomic E-state index is -0.0367. The molecule has 82 valence electrons. The van der Waals surface area contributed by atoms with E-state index in [1.54, 1.807) is 0 Å². The van der Waals surface area contributed by atoms with Crippen molar-refractivity contribution in [3.63, 3.8) is 0 Å². The van der Waals surface area contributed by atoms with E-state index in [2.05, 4.69) is 16.8 Å². The quantitative estimate of drug-likeness (QED) is 0.676. The third-order valence-corrected chi connectivity index (χ3v) is 2.70. The van der Waals surface area contributed by atoms with Gasteiger partial charge < -0.3 is 15.0 Å². The van der Waals surface area contributed by atoms with Gasteiger partial charge in [0.1, 0.15) is 0 Å². The molecule has 1 aliphatic heterocycles. The maximum absolute atomic E-state index is 11.5. The van der Waals surface area contributed by atoms with E-state index in [1.165, 1.54) is 0 Å². The second-order valence-electron chi connectivity index (χ2n) is 3.66. The van der Waals surface area contributed by atoms with Crippen LogP contribution in [0.2, 0.25) is 0 Å². The number of nitrogens with one attached hydrogen (secondary N) is 1. The fourth-order valence-electron chi connectivity index (χ4n) is 1.93. The average Bonchev–Trinajstić information content (AvgIpc) is 2.29. The first-order valence-electron chi connectivity index (χ1n) is 5.32. The smallest absolute Gasteiger partial charge is 0.231 e. The van der Waals surface area contributed by atoms with Gasteiger partial charge in [0.2, 0.25) is 5.78 Å². The summed E-state index contributed by atoms with van der Waals surface area (Å²) >= 11 is 0. The number of Topliss-reactive ketones (excluding diaryl/α,β-unsaturated/α-hetero) is 1. The molecule has 1 saturated heterocycles. The molecule has 2 rings (SSSR count). The van der Waals surface area contributed by atoms with E-state index in [-0.39, 0.29) is 5.78 Å². The van der Waals surface area contributed by atoms with Gasteiger partial charge in [-0.25, -0.2) is 0 Å². The molecule has 0 aromatic rings. The van der Waals surface area contributed by atoms with Crippen LogP contribution >= 0.6 is 0 Å². The Labute approximate surface area is 89.6 Å². The van der Waals surface area contributed by atoms with Gasteiger partial charge in [0.05, 0.1) is 12.3 Å². The molecule has 0 aromatic carbocycles. The van der Waals surface area contributed by atoms with E-state index in [9.17, 15) is 4.79 Å². The lowest BCUT2D eigenvalue weighted by atomic mass is 9.93. The summed E-state index contributed by atoms with van der Waals surface area (Å²) in [5.74, 6) is 0.467. The third kappa shape index (κ3) is 1.65.